The van der Waals surface area contributed by atoms with Gasteiger partial charge < -0.3 is 44.2 Å². The molecule has 0 radical (unpaired) electrons. The number of rotatable bonds is 7. The summed E-state index contributed by atoms with van der Waals surface area (Å²) in [7, 11) is 0. The Morgan fingerprint density at radius 3 is 1.69 bits per heavy atom. The maximum Gasteiger partial charge on any atom is 0.320 e. The van der Waals surface area contributed by atoms with E-state index in [1.54, 1.807) is 28.4 Å². The molecule has 2 saturated heterocycles. The quantitative estimate of drug-likeness (QED) is 0.176. The fourth-order valence-corrected chi connectivity index (χ4v) is 9.67. The number of fused-ring (bicyclic) bond motifs is 1. The second-order valence-corrected chi connectivity index (χ2v) is 17.1. The normalized spacial score (nSPS) is 16.1. The number of likely N-dealkylation sites (tertiary alicyclic amines) is 2. The van der Waals surface area contributed by atoms with Crippen molar-refractivity contribution in [3.63, 3.8) is 0 Å². The number of hydrogen-bond donors (Lipinski definition) is 2. The van der Waals surface area contributed by atoms with Crippen molar-refractivity contribution >= 4 is 57.0 Å². The van der Waals surface area contributed by atoms with Crippen LogP contribution in [0, 0.1) is 11.6 Å². The Kier molecular flexibility index (Phi) is 13.3. The fraction of sp³-hybridized carbons (Fsp3) is 0.417. The Morgan fingerprint density at radius 1 is 0.646 bits per heavy atom. The molecule has 8 heterocycles. The van der Waals surface area contributed by atoms with E-state index in [0.717, 1.165) is 92.6 Å². The van der Waals surface area contributed by atoms with E-state index in [4.69, 9.17) is 5.73 Å². The highest BCUT2D eigenvalue weighted by Crippen LogP contribution is 2.32. The molecule has 6 aromatic rings. The molecule has 4 aliphatic heterocycles. The molecular weight excluding hydrogens is 835 g/mol. The van der Waals surface area contributed by atoms with E-state index in [2.05, 4.69) is 10.3 Å². The van der Waals surface area contributed by atoms with Crippen LogP contribution < -0.4 is 11.1 Å². The molecule has 17 heteroatoms. The number of pyridine rings is 1. The lowest BCUT2D eigenvalue weighted by atomic mass is 10.1. The van der Waals surface area contributed by atoms with Crippen LogP contribution in [-0.2, 0) is 37.4 Å². The van der Waals surface area contributed by atoms with Crippen LogP contribution in [0.15, 0.2) is 67.3 Å². The average Bonchev–Trinajstić information content (AvgIpc) is 3.93. The number of carbonyl (C=O) groups is 5. The van der Waals surface area contributed by atoms with Crippen molar-refractivity contribution in [3.8, 4) is 0 Å². The number of aromatic nitrogens is 4. The number of amides is 5. The molecule has 0 unspecified atom stereocenters. The average molecular weight is 891 g/mol. The summed E-state index contributed by atoms with van der Waals surface area (Å²) in [6.07, 6.45) is 13.4. The van der Waals surface area contributed by atoms with Gasteiger partial charge in [-0.1, -0.05) is 13.5 Å². The molecule has 0 aliphatic carbocycles. The summed E-state index contributed by atoms with van der Waals surface area (Å²) in [5.74, 6) is -1.65. The standard InChI is InChI=1S/C28H29FN6O3.C19H23FN4O2.CH4/c29-20-12-19-17-34(28(38)32-7-3-1-4-8-32)11-10-33-18-23(22(13-20)27(19)33)24(36)16-31-26(37)14-21-15-30-25-6-2-5-9-35(21)25;20-14-8-13-11-24(19(26)22-4-2-1-3-5-22)7-6-23-12-16(17(25)10-21)15(9-14)18(13)23;/h2,5-6,9,12-13,15,18H,1,3-4,7-8,10-11,14,16-17H2,(H,31,37);8-9,12H,1-7,10-11,21H2;1H4. The van der Waals surface area contributed by atoms with Gasteiger partial charge in [-0.25, -0.2) is 23.4 Å². The number of imidazole rings is 1. The third-order valence-electron chi connectivity index (χ3n) is 12.8. The lowest BCUT2D eigenvalue weighted by molar-refractivity contribution is -0.120. The Bertz CT molecular complexity index is 2780. The molecule has 65 heavy (non-hydrogen) atoms. The van der Waals surface area contributed by atoms with Crippen LogP contribution in [0.5, 0.6) is 0 Å². The molecule has 5 amide bonds. The minimum atomic E-state index is -0.455. The molecule has 4 aliphatic rings. The van der Waals surface area contributed by atoms with Gasteiger partial charge in [0.1, 0.15) is 17.3 Å². The molecule has 0 saturated carbocycles. The van der Waals surface area contributed by atoms with Gasteiger partial charge in [0.25, 0.3) is 0 Å². The van der Waals surface area contributed by atoms with Crippen LogP contribution in [-0.4, -0.2) is 120 Å². The maximum absolute atomic E-state index is 14.7. The molecular formula is C48H56F2N10O5. The van der Waals surface area contributed by atoms with Gasteiger partial charge in [0.2, 0.25) is 5.91 Å². The first-order chi connectivity index (χ1) is 31.1. The monoisotopic (exact) mass is 890 g/mol. The van der Waals surface area contributed by atoms with Crippen molar-refractivity contribution in [2.45, 2.75) is 78.6 Å². The van der Waals surface area contributed by atoms with Crippen LogP contribution >= 0.6 is 0 Å². The van der Waals surface area contributed by atoms with E-state index in [1.165, 1.54) is 24.3 Å². The molecule has 10 rings (SSSR count). The number of piperidine rings is 2. The van der Waals surface area contributed by atoms with Crippen molar-refractivity contribution in [1.82, 2.24) is 43.4 Å². The summed E-state index contributed by atoms with van der Waals surface area (Å²) in [6, 6.07) is 11.3. The van der Waals surface area contributed by atoms with Crippen LogP contribution in [0.4, 0.5) is 18.4 Å². The zero-order valence-electron chi connectivity index (χ0n) is 35.7. The van der Waals surface area contributed by atoms with Crippen molar-refractivity contribution in [3.05, 3.63) is 107 Å². The number of nitrogens with zero attached hydrogens (tertiary/aromatic N) is 8. The number of urea groups is 2. The largest absolute Gasteiger partial charge is 0.348 e. The maximum atomic E-state index is 14.7. The first-order valence-corrected chi connectivity index (χ1v) is 22.2. The van der Waals surface area contributed by atoms with Gasteiger partial charge >= 0.3 is 12.1 Å². The number of halogens is 2. The minimum absolute atomic E-state index is 0. The molecule has 2 aromatic carbocycles. The van der Waals surface area contributed by atoms with Gasteiger partial charge in [-0.2, -0.15) is 0 Å². The highest BCUT2D eigenvalue weighted by atomic mass is 19.1. The van der Waals surface area contributed by atoms with Crippen molar-refractivity contribution in [2.75, 3.05) is 52.4 Å². The molecule has 0 bridgehead atoms. The summed E-state index contributed by atoms with van der Waals surface area (Å²) in [5, 5.41) is 3.79. The highest BCUT2D eigenvalue weighted by Gasteiger charge is 2.30. The Hall–Kier alpha value is -6.62. The molecule has 0 spiro atoms. The predicted octanol–water partition coefficient (Wildman–Crippen LogP) is 6.37. The Morgan fingerprint density at radius 2 is 1.17 bits per heavy atom. The van der Waals surface area contributed by atoms with Crippen molar-refractivity contribution < 1.29 is 32.8 Å². The van der Waals surface area contributed by atoms with Gasteiger partial charge in [-0.15, -0.1) is 0 Å². The van der Waals surface area contributed by atoms with Crippen LogP contribution in [0.1, 0.15) is 83.5 Å². The Balaban J connectivity index is 0.000000187. The number of nitrogens with one attached hydrogen (secondary N) is 1. The molecule has 4 aromatic heterocycles. The van der Waals surface area contributed by atoms with Crippen LogP contribution in [0.3, 0.4) is 0 Å². The second kappa shape index (κ2) is 19.2. The van der Waals surface area contributed by atoms with Gasteiger partial charge in [-0.3, -0.25) is 14.4 Å². The van der Waals surface area contributed by atoms with Crippen molar-refractivity contribution in [2.24, 2.45) is 5.73 Å². The smallest absolute Gasteiger partial charge is 0.320 e. The molecule has 3 N–H and O–H groups in total. The molecule has 2 fully saturated rings. The van der Waals surface area contributed by atoms with E-state index in [0.29, 0.717) is 60.2 Å². The summed E-state index contributed by atoms with van der Waals surface area (Å²) >= 11 is 0. The highest BCUT2D eigenvalue weighted by molar-refractivity contribution is 6.11. The van der Waals surface area contributed by atoms with E-state index in [-0.39, 0.29) is 63.0 Å². The van der Waals surface area contributed by atoms with Gasteiger partial charge in [-0.05, 0) is 86.1 Å². The topological polar surface area (TPSA) is 164 Å². The molecule has 15 nitrogen and oxygen atoms in total. The first kappa shape index (κ1) is 45.0. The van der Waals surface area contributed by atoms with Crippen LogP contribution in [0.2, 0.25) is 0 Å². The van der Waals surface area contributed by atoms with Crippen LogP contribution in [0.25, 0.3) is 27.5 Å². The number of hydrogen-bond acceptors (Lipinski definition) is 7. The van der Waals surface area contributed by atoms with Gasteiger partial charge in [0.05, 0.1) is 36.2 Å². The number of carbonyl (C=O) groups excluding carboxylic acids is 5. The minimum Gasteiger partial charge on any atom is -0.348 e. The zero-order chi connectivity index (χ0) is 44.5. The lowest BCUT2D eigenvalue weighted by Crippen LogP contribution is -2.45. The van der Waals surface area contributed by atoms with Crippen molar-refractivity contribution in [1.29, 1.82) is 0 Å². The van der Waals surface area contributed by atoms with E-state index < -0.39 is 11.6 Å². The van der Waals surface area contributed by atoms with E-state index in [1.807, 2.05) is 47.7 Å². The summed E-state index contributed by atoms with van der Waals surface area (Å²) < 4.78 is 34.6. The summed E-state index contributed by atoms with van der Waals surface area (Å²) in [4.78, 5) is 75.5. The van der Waals surface area contributed by atoms with E-state index in [9.17, 15) is 32.8 Å². The molecule has 0 atom stereocenters. The summed E-state index contributed by atoms with van der Waals surface area (Å²) in [5.41, 5.74) is 10.8. The second-order valence-electron chi connectivity index (χ2n) is 17.1. The fourth-order valence-electron chi connectivity index (χ4n) is 9.67. The number of ketones is 2. The van der Waals surface area contributed by atoms with E-state index >= 15 is 0 Å². The third kappa shape index (κ3) is 9.19. The Labute approximate surface area is 375 Å². The summed E-state index contributed by atoms with van der Waals surface area (Å²) in [6.45, 7) is 5.50. The zero-order valence-corrected chi connectivity index (χ0v) is 35.7. The third-order valence-corrected chi connectivity index (χ3v) is 12.8. The predicted molar refractivity (Wildman–Crippen MR) is 243 cm³/mol. The molecule has 342 valence electrons. The first-order valence-electron chi connectivity index (χ1n) is 22.2. The number of nitrogens with two attached hydrogens (primary N) is 1. The lowest BCUT2D eigenvalue weighted by Gasteiger charge is -2.32. The van der Waals surface area contributed by atoms with Gasteiger partial charge in [0, 0.05) is 112 Å². The number of Topliss-reactive ketones (excluding diaryl/α,β-unsaturated/α-hetero) is 2. The SMILES string of the molecule is C.NCC(=O)c1cn2c3c(cc(F)cc13)CN(C(=O)N1CCCCC1)CC2.O=C(Cc1cnc2ccccn12)NCC(=O)c1cn2c3c(cc(F)cc13)CN(C(=O)N1CCCCC1)CC2. The van der Waals surface area contributed by atoms with Gasteiger partial charge in [0.15, 0.2) is 11.6 Å². The number of benzene rings is 2.